The molecule has 1 saturated heterocycles. The standard InChI is InChI=1S/C17H20FN3O4/c1-16(10-17(5-4-15(16)18)24-6-7-25-17)11-20-14-8-13(21(22)23)3-2-12(14)9-19/h2-3,8,15,20H,4-7,10-11H2,1H3/t15-,16+/m1/s1. The average Bonchev–Trinajstić information content (AvgIpc) is 3.04. The van der Waals surface area contributed by atoms with E-state index in [1.54, 1.807) is 6.92 Å². The van der Waals surface area contributed by atoms with Gasteiger partial charge in [-0.25, -0.2) is 4.39 Å². The van der Waals surface area contributed by atoms with E-state index >= 15 is 0 Å². The van der Waals surface area contributed by atoms with Crippen molar-refractivity contribution in [1.29, 1.82) is 5.26 Å². The van der Waals surface area contributed by atoms with Crippen molar-refractivity contribution >= 4 is 11.4 Å². The summed E-state index contributed by atoms with van der Waals surface area (Å²) in [6.07, 6.45) is 0.190. The third-order valence-electron chi connectivity index (χ3n) is 5.04. The first-order valence-corrected chi connectivity index (χ1v) is 8.22. The quantitative estimate of drug-likeness (QED) is 0.662. The minimum Gasteiger partial charge on any atom is -0.383 e. The second kappa shape index (κ2) is 6.58. The Morgan fingerprint density at radius 2 is 2.20 bits per heavy atom. The van der Waals surface area contributed by atoms with Crippen LogP contribution in [0.4, 0.5) is 15.8 Å². The molecule has 1 saturated carbocycles. The number of nitro groups is 1. The van der Waals surface area contributed by atoms with E-state index < -0.39 is 22.3 Å². The maximum absolute atomic E-state index is 14.6. The molecule has 0 amide bonds. The van der Waals surface area contributed by atoms with Crippen molar-refractivity contribution in [2.24, 2.45) is 5.41 Å². The van der Waals surface area contributed by atoms with E-state index in [9.17, 15) is 19.8 Å². The van der Waals surface area contributed by atoms with Gasteiger partial charge in [0.2, 0.25) is 0 Å². The van der Waals surface area contributed by atoms with Crippen LogP contribution < -0.4 is 5.32 Å². The number of rotatable bonds is 4. The first-order valence-electron chi connectivity index (χ1n) is 8.22. The lowest BCUT2D eigenvalue weighted by Gasteiger charge is -2.45. The summed E-state index contributed by atoms with van der Waals surface area (Å²) in [4.78, 5) is 10.4. The number of nitrogens with zero attached hydrogens (tertiary/aromatic N) is 2. The number of anilines is 1. The minimum atomic E-state index is -1.05. The molecule has 2 fully saturated rings. The fraction of sp³-hybridized carbons (Fsp3) is 0.588. The molecule has 0 aromatic heterocycles. The minimum absolute atomic E-state index is 0.119. The number of nitrogens with one attached hydrogen (secondary N) is 1. The molecule has 1 aromatic rings. The molecule has 1 aliphatic heterocycles. The number of hydrogen-bond acceptors (Lipinski definition) is 6. The lowest BCUT2D eigenvalue weighted by atomic mass is 9.71. The third-order valence-corrected chi connectivity index (χ3v) is 5.04. The Morgan fingerprint density at radius 3 is 2.84 bits per heavy atom. The Morgan fingerprint density at radius 1 is 1.48 bits per heavy atom. The van der Waals surface area contributed by atoms with Gasteiger partial charge in [0, 0.05) is 36.9 Å². The van der Waals surface area contributed by atoms with E-state index in [-0.39, 0.29) is 17.8 Å². The summed E-state index contributed by atoms with van der Waals surface area (Å²) in [7, 11) is 0. The normalized spacial score (nSPS) is 27.8. The number of benzene rings is 1. The molecule has 2 atom stereocenters. The highest BCUT2D eigenvalue weighted by Crippen LogP contribution is 2.47. The fourth-order valence-electron chi connectivity index (χ4n) is 3.61. The monoisotopic (exact) mass is 349 g/mol. The predicted octanol–water partition coefficient (Wildman–Crippen LogP) is 3.15. The number of non-ortho nitro benzene ring substituents is 1. The largest absolute Gasteiger partial charge is 0.383 e. The molecule has 1 heterocycles. The Balaban J connectivity index is 1.78. The molecule has 0 unspecified atom stereocenters. The molecule has 7 nitrogen and oxygen atoms in total. The first kappa shape index (κ1) is 17.6. The molecular weight excluding hydrogens is 329 g/mol. The number of ether oxygens (including phenoxy) is 2. The first-order chi connectivity index (χ1) is 11.9. The molecule has 0 radical (unpaired) electrons. The van der Waals surface area contributed by atoms with Gasteiger partial charge in [0.15, 0.2) is 5.79 Å². The second-order valence-electron chi connectivity index (χ2n) is 6.90. The Kier molecular flexibility index (Phi) is 4.62. The van der Waals surface area contributed by atoms with E-state index in [0.717, 1.165) is 0 Å². The van der Waals surface area contributed by atoms with E-state index in [1.165, 1.54) is 18.2 Å². The predicted molar refractivity (Wildman–Crippen MR) is 87.8 cm³/mol. The number of hydrogen-bond donors (Lipinski definition) is 1. The van der Waals surface area contributed by atoms with Crippen molar-refractivity contribution < 1.29 is 18.8 Å². The topological polar surface area (TPSA) is 97.4 Å². The molecule has 2 aliphatic rings. The SMILES string of the molecule is C[C@@]1(CNc2cc([N+](=O)[O-])ccc2C#N)CC2(CC[C@H]1F)OCCO2. The molecule has 1 aromatic carbocycles. The zero-order valence-electron chi connectivity index (χ0n) is 14.0. The highest BCUT2D eigenvalue weighted by atomic mass is 19.1. The van der Waals surface area contributed by atoms with Crippen molar-refractivity contribution in [3.05, 3.63) is 33.9 Å². The van der Waals surface area contributed by atoms with Gasteiger partial charge >= 0.3 is 0 Å². The summed E-state index contributed by atoms with van der Waals surface area (Å²) in [5.41, 5.74) is -0.271. The van der Waals surface area contributed by atoms with Gasteiger partial charge in [-0.1, -0.05) is 6.92 Å². The summed E-state index contributed by atoms with van der Waals surface area (Å²) in [6, 6.07) is 5.96. The molecule has 25 heavy (non-hydrogen) atoms. The van der Waals surface area contributed by atoms with Crippen LogP contribution in [-0.2, 0) is 9.47 Å². The van der Waals surface area contributed by atoms with Crippen molar-refractivity contribution in [3.63, 3.8) is 0 Å². The van der Waals surface area contributed by atoms with Crippen LogP contribution in [0.15, 0.2) is 18.2 Å². The van der Waals surface area contributed by atoms with Gasteiger partial charge in [-0.05, 0) is 12.5 Å². The Bertz CT molecular complexity index is 714. The summed E-state index contributed by atoms with van der Waals surface area (Å²) in [5.74, 6) is -0.736. The maximum atomic E-state index is 14.6. The van der Waals surface area contributed by atoms with Gasteiger partial charge in [-0.3, -0.25) is 10.1 Å². The van der Waals surface area contributed by atoms with Crippen molar-refractivity contribution in [1.82, 2.24) is 0 Å². The molecule has 134 valence electrons. The third kappa shape index (κ3) is 3.43. The Hall–Kier alpha value is -2.24. The summed E-state index contributed by atoms with van der Waals surface area (Å²) >= 11 is 0. The zero-order chi connectivity index (χ0) is 18.1. The summed E-state index contributed by atoms with van der Waals surface area (Å²) in [6.45, 7) is 3.03. The van der Waals surface area contributed by atoms with Crippen molar-refractivity contribution in [2.75, 3.05) is 25.1 Å². The van der Waals surface area contributed by atoms with Gasteiger partial charge in [-0.15, -0.1) is 0 Å². The molecule has 0 bridgehead atoms. The molecule has 1 N–H and O–H groups in total. The lowest BCUT2D eigenvalue weighted by molar-refractivity contribution is -0.384. The number of halogens is 1. The van der Waals surface area contributed by atoms with E-state index in [0.29, 0.717) is 38.2 Å². The van der Waals surface area contributed by atoms with Crippen molar-refractivity contribution in [3.8, 4) is 6.07 Å². The fourth-order valence-corrected chi connectivity index (χ4v) is 3.61. The summed E-state index contributed by atoms with van der Waals surface area (Å²) in [5, 5.41) is 23.2. The van der Waals surface area contributed by atoms with Crippen LogP contribution in [0.1, 0.15) is 31.7 Å². The van der Waals surface area contributed by atoms with Gasteiger partial charge in [0.25, 0.3) is 5.69 Å². The van der Waals surface area contributed by atoms with Crippen LogP contribution in [0.25, 0.3) is 0 Å². The van der Waals surface area contributed by atoms with Crippen LogP contribution in [0.5, 0.6) is 0 Å². The highest BCUT2D eigenvalue weighted by molar-refractivity contribution is 5.62. The van der Waals surface area contributed by atoms with Crippen LogP contribution in [0.2, 0.25) is 0 Å². The second-order valence-corrected chi connectivity index (χ2v) is 6.90. The van der Waals surface area contributed by atoms with Crippen LogP contribution in [-0.4, -0.2) is 36.6 Å². The summed E-state index contributed by atoms with van der Waals surface area (Å²) < 4.78 is 26.1. The molecule has 1 aliphatic carbocycles. The molecule has 8 heteroatoms. The van der Waals surface area contributed by atoms with Gasteiger partial charge in [0.1, 0.15) is 12.2 Å². The number of nitriles is 1. The van der Waals surface area contributed by atoms with Gasteiger partial charge in [-0.2, -0.15) is 5.26 Å². The van der Waals surface area contributed by atoms with E-state index in [1.807, 2.05) is 6.07 Å². The van der Waals surface area contributed by atoms with Gasteiger partial charge < -0.3 is 14.8 Å². The zero-order valence-corrected chi connectivity index (χ0v) is 14.0. The molecule has 3 rings (SSSR count). The van der Waals surface area contributed by atoms with Gasteiger partial charge in [0.05, 0.1) is 29.4 Å². The maximum Gasteiger partial charge on any atom is 0.271 e. The van der Waals surface area contributed by atoms with E-state index in [2.05, 4.69) is 5.32 Å². The highest BCUT2D eigenvalue weighted by Gasteiger charge is 2.51. The van der Waals surface area contributed by atoms with E-state index in [4.69, 9.17) is 9.47 Å². The molecule has 1 spiro atoms. The Labute approximate surface area is 144 Å². The van der Waals surface area contributed by atoms with Crippen LogP contribution in [0.3, 0.4) is 0 Å². The lowest BCUT2D eigenvalue weighted by Crippen LogP contribution is -2.50. The van der Waals surface area contributed by atoms with Crippen LogP contribution >= 0.6 is 0 Å². The smallest absolute Gasteiger partial charge is 0.271 e. The average molecular weight is 349 g/mol. The number of nitro benzene ring substituents is 1. The number of alkyl halides is 1. The van der Waals surface area contributed by atoms with Crippen LogP contribution in [0, 0.1) is 26.9 Å². The van der Waals surface area contributed by atoms with Crippen molar-refractivity contribution in [2.45, 2.75) is 38.1 Å². The molecular formula is C17H20FN3O4.